The van der Waals surface area contributed by atoms with E-state index in [0.29, 0.717) is 0 Å². The van der Waals surface area contributed by atoms with Gasteiger partial charge in [0.1, 0.15) is 32.7 Å². The zero-order valence-electron chi connectivity index (χ0n) is 10.1. The van der Waals surface area contributed by atoms with Gasteiger partial charge in [-0.25, -0.2) is 9.37 Å². The fraction of sp³-hybridized carbons (Fsp3) is 0.455. The van der Waals surface area contributed by atoms with E-state index in [-0.39, 0.29) is 16.6 Å². The molecule has 1 aromatic rings. The summed E-state index contributed by atoms with van der Waals surface area (Å²) in [5.74, 6) is -0.526. The summed E-state index contributed by atoms with van der Waals surface area (Å²) in [6.07, 6.45) is 0. The maximum Gasteiger partial charge on any atom is 0.151 e. The molecule has 0 aromatic carbocycles. The van der Waals surface area contributed by atoms with Crippen LogP contribution in [-0.4, -0.2) is 20.0 Å². The van der Waals surface area contributed by atoms with Crippen LogP contribution < -0.4 is 0 Å². The summed E-state index contributed by atoms with van der Waals surface area (Å²) in [4.78, 5) is 3.83. The van der Waals surface area contributed by atoms with E-state index in [1.807, 2.05) is 0 Å². The molecule has 0 aliphatic rings. The molecule has 0 saturated heterocycles. The first kappa shape index (κ1) is 14.4. The molecule has 3 nitrogen and oxygen atoms in total. The first-order valence-corrected chi connectivity index (χ1v) is 6.50. The van der Waals surface area contributed by atoms with Crippen molar-refractivity contribution >= 4 is 28.7 Å². The van der Waals surface area contributed by atoms with Gasteiger partial charge in [0.25, 0.3) is 0 Å². The highest BCUT2D eigenvalue weighted by atomic mass is 35.5. The minimum absolute atomic E-state index is 0.0371. The maximum absolute atomic E-state index is 13.5. The van der Waals surface area contributed by atoms with E-state index >= 15 is 0 Å². The molecule has 0 aliphatic carbocycles. The minimum atomic E-state index is -1.44. The van der Waals surface area contributed by atoms with Crippen molar-refractivity contribution in [1.29, 1.82) is 0 Å². The van der Waals surface area contributed by atoms with Gasteiger partial charge in [-0.05, 0) is 39.8 Å². The fourth-order valence-electron chi connectivity index (χ4n) is 0.977. The summed E-state index contributed by atoms with van der Waals surface area (Å²) in [5.41, 5.74) is 0.313. The monoisotopic (exact) mass is 276 g/mol. The lowest BCUT2D eigenvalue weighted by Crippen LogP contribution is -2.27. The van der Waals surface area contributed by atoms with Crippen LogP contribution >= 0.6 is 11.6 Å². The Morgan fingerprint density at radius 3 is 2.59 bits per heavy atom. The van der Waals surface area contributed by atoms with Crippen LogP contribution in [0.3, 0.4) is 0 Å². The Morgan fingerprint density at radius 2 is 2.06 bits per heavy atom. The molecule has 1 heterocycles. The van der Waals surface area contributed by atoms with E-state index in [1.165, 1.54) is 12.1 Å². The average Bonchev–Trinajstić information content (AvgIpc) is 2.20. The van der Waals surface area contributed by atoms with Gasteiger partial charge in [0.15, 0.2) is 5.82 Å². The summed E-state index contributed by atoms with van der Waals surface area (Å²) in [7, 11) is 0. The SMILES string of the molecule is C/C(=N\[S+]([O-])C(C)(C)C)c1nc(Cl)ccc1F. The molecular weight excluding hydrogens is 263 g/mol. The van der Waals surface area contributed by atoms with E-state index in [1.54, 1.807) is 27.7 Å². The van der Waals surface area contributed by atoms with Crippen LogP contribution in [0.15, 0.2) is 16.5 Å². The minimum Gasteiger partial charge on any atom is -0.591 e. The number of hydrogen-bond donors (Lipinski definition) is 0. The third-order valence-electron chi connectivity index (χ3n) is 1.90. The number of hydrogen-bond acceptors (Lipinski definition) is 3. The molecule has 1 unspecified atom stereocenters. The molecule has 0 aliphatic heterocycles. The number of nitrogens with zero attached hydrogens (tertiary/aromatic N) is 2. The Bertz CT molecular complexity index is 446. The zero-order chi connectivity index (χ0) is 13.2. The quantitative estimate of drug-likeness (QED) is 0.473. The van der Waals surface area contributed by atoms with Crippen molar-refractivity contribution < 1.29 is 8.94 Å². The molecule has 0 radical (unpaired) electrons. The van der Waals surface area contributed by atoms with Gasteiger partial charge in [0, 0.05) is 0 Å². The van der Waals surface area contributed by atoms with Crippen molar-refractivity contribution in [2.45, 2.75) is 32.4 Å². The van der Waals surface area contributed by atoms with Gasteiger partial charge in [0.2, 0.25) is 0 Å². The van der Waals surface area contributed by atoms with Crippen molar-refractivity contribution in [1.82, 2.24) is 4.98 Å². The molecule has 17 heavy (non-hydrogen) atoms. The van der Waals surface area contributed by atoms with Gasteiger partial charge < -0.3 is 4.55 Å². The molecule has 0 bridgehead atoms. The lowest BCUT2D eigenvalue weighted by molar-refractivity contribution is 0.561. The van der Waals surface area contributed by atoms with Crippen molar-refractivity contribution in [2.24, 2.45) is 4.40 Å². The normalized spacial score (nSPS) is 14.9. The molecule has 1 atom stereocenters. The Kier molecular flexibility index (Phi) is 4.52. The summed E-state index contributed by atoms with van der Waals surface area (Å²) >= 11 is 4.23. The second-order valence-electron chi connectivity index (χ2n) is 4.50. The van der Waals surface area contributed by atoms with E-state index in [2.05, 4.69) is 9.38 Å². The third-order valence-corrected chi connectivity index (χ3v) is 3.60. The summed E-state index contributed by atoms with van der Waals surface area (Å²) in [6.45, 7) is 6.94. The van der Waals surface area contributed by atoms with Crippen LogP contribution in [0, 0.1) is 5.82 Å². The number of halogens is 2. The summed E-state index contributed by atoms with van der Waals surface area (Å²) in [6, 6.07) is 2.57. The highest BCUT2D eigenvalue weighted by Crippen LogP contribution is 2.19. The van der Waals surface area contributed by atoms with Crippen molar-refractivity contribution in [3.63, 3.8) is 0 Å². The molecule has 0 amide bonds. The molecule has 1 rings (SSSR count). The van der Waals surface area contributed by atoms with Crippen LogP contribution in [0.25, 0.3) is 0 Å². The van der Waals surface area contributed by atoms with E-state index < -0.39 is 21.9 Å². The van der Waals surface area contributed by atoms with Crippen molar-refractivity contribution in [3.05, 3.63) is 28.8 Å². The predicted octanol–water partition coefficient (Wildman–Crippen LogP) is 3.15. The molecule has 0 N–H and O–H groups in total. The smallest absolute Gasteiger partial charge is 0.151 e. The first-order chi connectivity index (χ1) is 7.71. The molecular formula is C11H14ClFN2OS. The number of rotatable bonds is 2. The van der Waals surface area contributed by atoms with Crippen LogP contribution in [0.2, 0.25) is 5.15 Å². The van der Waals surface area contributed by atoms with E-state index in [0.717, 1.165) is 0 Å². The average molecular weight is 277 g/mol. The van der Waals surface area contributed by atoms with Crippen molar-refractivity contribution in [3.8, 4) is 0 Å². The molecule has 0 spiro atoms. The van der Waals surface area contributed by atoms with Crippen molar-refractivity contribution in [2.75, 3.05) is 0 Å². The van der Waals surface area contributed by atoms with E-state index in [9.17, 15) is 8.94 Å². The second kappa shape index (κ2) is 5.33. The Labute approximate surface area is 108 Å². The molecule has 1 aromatic heterocycles. The molecule has 94 valence electrons. The lowest BCUT2D eigenvalue weighted by atomic mass is 10.2. The first-order valence-electron chi connectivity index (χ1n) is 5.01. The van der Waals surface area contributed by atoms with E-state index in [4.69, 9.17) is 11.6 Å². The van der Waals surface area contributed by atoms with Gasteiger partial charge in [-0.1, -0.05) is 16.0 Å². The van der Waals surface area contributed by atoms with Crippen LogP contribution in [0.1, 0.15) is 33.4 Å². The molecule has 0 saturated carbocycles. The lowest BCUT2D eigenvalue weighted by Gasteiger charge is -2.18. The maximum atomic E-state index is 13.5. The molecule has 6 heteroatoms. The van der Waals surface area contributed by atoms with Gasteiger partial charge >= 0.3 is 0 Å². The topological polar surface area (TPSA) is 48.3 Å². The summed E-state index contributed by atoms with van der Waals surface area (Å²) < 4.78 is 28.7. The van der Waals surface area contributed by atoms with Gasteiger partial charge in [-0.3, -0.25) is 0 Å². The standard InChI is InChI=1S/C11H14ClFN2OS/c1-7(15-17(16)11(2,3)4)10-8(13)5-6-9(12)14-10/h5-6H,1-4H3/b15-7+. The number of pyridine rings is 1. The predicted molar refractivity (Wildman–Crippen MR) is 69.3 cm³/mol. The van der Waals surface area contributed by atoms with Gasteiger partial charge in [0.05, 0.1) is 0 Å². The number of aromatic nitrogens is 1. The molecule has 0 fully saturated rings. The largest absolute Gasteiger partial charge is 0.591 e. The second-order valence-corrected chi connectivity index (χ2v) is 6.80. The Morgan fingerprint density at radius 1 is 1.47 bits per heavy atom. The van der Waals surface area contributed by atoms with Crippen LogP contribution in [0.5, 0.6) is 0 Å². The Hall–Kier alpha value is -0.650. The Balaban J connectivity index is 3.08. The highest BCUT2D eigenvalue weighted by molar-refractivity contribution is 7.91. The third kappa shape index (κ3) is 3.94. The highest BCUT2D eigenvalue weighted by Gasteiger charge is 2.27. The van der Waals surface area contributed by atoms with Gasteiger partial charge in [-0.2, -0.15) is 0 Å². The fourth-order valence-corrected chi connectivity index (χ4v) is 1.73. The van der Waals surface area contributed by atoms with Gasteiger partial charge in [-0.15, -0.1) is 0 Å². The van der Waals surface area contributed by atoms with Crippen LogP contribution in [-0.2, 0) is 11.4 Å². The zero-order valence-corrected chi connectivity index (χ0v) is 11.7. The summed E-state index contributed by atoms with van der Waals surface area (Å²) in [5, 5.41) is 0.178. The van der Waals surface area contributed by atoms with Crippen LogP contribution in [0.4, 0.5) is 4.39 Å².